The van der Waals surface area contributed by atoms with Crippen molar-refractivity contribution in [2.24, 2.45) is 0 Å². The molecule has 2 heterocycles. The van der Waals surface area contributed by atoms with Gasteiger partial charge in [-0.25, -0.2) is 21.2 Å². The van der Waals surface area contributed by atoms with Crippen LogP contribution in [0.15, 0.2) is 58.3 Å². The van der Waals surface area contributed by atoms with E-state index in [1.807, 2.05) is 11.8 Å². The molecule has 0 N–H and O–H groups in total. The summed E-state index contributed by atoms with van der Waals surface area (Å²) in [6, 6.07) is 11.6. The summed E-state index contributed by atoms with van der Waals surface area (Å²) in [6.07, 6.45) is 2.67. The van der Waals surface area contributed by atoms with Gasteiger partial charge < -0.3 is 4.90 Å². The molecule has 10 heteroatoms. The lowest BCUT2D eigenvalue weighted by atomic mass is 10.1. The van der Waals surface area contributed by atoms with Crippen LogP contribution in [0.5, 0.6) is 0 Å². The number of anilines is 1. The largest absolute Gasteiger partial charge is 0.369 e. The summed E-state index contributed by atoms with van der Waals surface area (Å²) in [6.45, 7) is 3.97. The second-order valence-corrected chi connectivity index (χ2v) is 12.1. The highest BCUT2D eigenvalue weighted by atomic mass is 32.2. The number of halogens is 1. The molecule has 2 aliphatic heterocycles. The van der Waals surface area contributed by atoms with Gasteiger partial charge in [0.15, 0.2) is 0 Å². The van der Waals surface area contributed by atoms with Crippen molar-refractivity contribution in [1.29, 1.82) is 0 Å². The highest BCUT2D eigenvalue weighted by molar-refractivity contribution is 7.89. The number of rotatable bonds is 5. The maximum Gasteiger partial charge on any atom is 0.243 e. The van der Waals surface area contributed by atoms with E-state index in [1.54, 1.807) is 12.1 Å². The molecule has 0 bridgehead atoms. The molecule has 0 aliphatic carbocycles. The minimum absolute atomic E-state index is 0.0606. The van der Waals surface area contributed by atoms with Crippen LogP contribution in [-0.2, 0) is 20.0 Å². The molecule has 2 aromatic carbocycles. The van der Waals surface area contributed by atoms with Gasteiger partial charge in [-0.05, 0) is 68.3 Å². The van der Waals surface area contributed by atoms with Crippen molar-refractivity contribution in [3.05, 3.63) is 54.3 Å². The molecule has 0 unspecified atom stereocenters. The van der Waals surface area contributed by atoms with Gasteiger partial charge in [0.05, 0.1) is 9.79 Å². The summed E-state index contributed by atoms with van der Waals surface area (Å²) in [5, 5.41) is 0. The predicted octanol–water partition coefficient (Wildman–Crippen LogP) is 2.90. The number of piperazine rings is 1. The minimum Gasteiger partial charge on any atom is -0.369 e. The van der Waals surface area contributed by atoms with Crippen molar-refractivity contribution >= 4 is 25.7 Å². The summed E-state index contributed by atoms with van der Waals surface area (Å²) >= 11 is 0. The molecule has 2 aliphatic rings. The van der Waals surface area contributed by atoms with Crippen LogP contribution in [0, 0.1) is 5.82 Å². The molecular weight excluding hydrogens is 453 g/mol. The molecule has 0 amide bonds. The first-order chi connectivity index (χ1) is 15.2. The van der Waals surface area contributed by atoms with E-state index in [0.717, 1.165) is 24.9 Å². The third-order valence-electron chi connectivity index (χ3n) is 6.24. The highest BCUT2D eigenvalue weighted by Crippen LogP contribution is 2.27. The third kappa shape index (κ3) is 4.54. The average Bonchev–Trinajstić information content (AvgIpc) is 2.80. The summed E-state index contributed by atoms with van der Waals surface area (Å²) in [5.74, 6) is -0.310. The first-order valence-electron chi connectivity index (χ1n) is 10.8. The molecule has 4 rings (SSSR count). The van der Waals surface area contributed by atoms with Crippen molar-refractivity contribution in [1.82, 2.24) is 8.61 Å². The molecule has 7 nitrogen and oxygen atoms in total. The van der Waals surface area contributed by atoms with Crippen LogP contribution >= 0.6 is 0 Å². The van der Waals surface area contributed by atoms with E-state index in [4.69, 9.17) is 0 Å². The monoisotopic (exact) mass is 481 g/mol. The SMILES string of the molecule is C[C@@H]1CCCCN1S(=O)(=O)c1ccc(S(=O)(=O)N2CCN(c3ccc(F)cc3)CC2)cc1. The molecule has 1 atom stereocenters. The zero-order chi connectivity index (χ0) is 22.9. The Balaban J connectivity index is 1.46. The normalized spacial score (nSPS) is 21.6. The molecule has 2 fully saturated rings. The smallest absolute Gasteiger partial charge is 0.243 e. The van der Waals surface area contributed by atoms with E-state index in [9.17, 15) is 21.2 Å². The number of hydrogen-bond acceptors (Lipinski definition) is 5. The third-order valence-corrected chi connectivity index (χ3v) is 10.2. The van der Waals surface area contributed by atoms with Crippen molar-refractivity contribution in [2.45, 2.75) is 42.0 Å². The molecule has 0 saturated carbocycles. The quantitative estimate of drug-likeness (QED) is 0.656. The molecule has 0 radical (unpaired) electrons. The van der Waals surface area contributed by atoms with Gasteiger partial charge in [-0.2, -0.15) is 8.61 Å². The highest BCUT2D eigenvalue weighted by Gasteiger charge is 2.32. The molecule has 0 spiro atoms. The fourth-order valence-corrected chi connectivity index (χ4v) is 7.46. The van der Waals surface area contributed by atoms with Crippen LogP contribution in [0.1, 0.15) is 26.2 Å². The van der Waals surface area contributed by atoms with Crippen LogP contribution in [-0.4, -0.2) is 64.2 Å². The van der Waals surface area contributed by atoms with E-state index in [2.05, 4.69) is 0 Å². The first-order valence-corrected chi connectivity index (χ1v) is 13.7. The lowest BCUT2D eigenvalue weighted by Crippen LogP contribution is -2.48. The fourth-order valence-electron chi connectivity index (χ4n) is 4.34. The van der Waals surface area contributed by atoms with Gasteiger partial charge in [0.25, 0.3) is 0 Å². The van der Waals surface area contributed by atoms with Gasteiger partial charge in [0.1, 0.15) is 5.82 Å². The molecule has 174 valence electrons. The van der Waals surface area contributed by atoms with Gasteiger partial charge in [0, 0.05) is 44.5 Å². The topological polar surface area (TPSA) is 78.0 Å². The molecule has 0 aromatic heterocycles. The number of benzene rings is 2. The van der Waals surface area contributed by atoms with Crippen LogP contribution in [0.4, 0.5) is 10.1 Å². The summed E-state index contributed by atoms with van der Waals surface area (Å²) in [7, 11) is -7.38. The number of nitrogens with zero attached hydrogens (tertiary/aromatic N) is 3. The van der Waals surface area contributed by atoms with Crippen LogP contribution in [0.3, 0.4) is 0 Å². The minimum atomic E-state index is -3.73. The summed E-state index contributed by atoms with van der Waals surface area (Å²) in [5.41, 5.74) is 0.852. The van der Waals surface area contributed by atoms with Gasteiger partial charge in [-0.1, -0.05) is 6.42 Å². The molecule has 32 heavy (non-hydrogen) atoms. The Morgan fingerprint density at radius 1 is 0.750 bits per heavy atom. The maximum atomic E-state index is 13.1. The van der Waals surface area contributed by atoms with E-state index < -0.39 is 20.0 Å². The second kappa shape index (κ2) is 9.09. The van der Waals surface area contributed by atoms with E-state index in [1.165, 1.54) is 45.0 Å². The Morgan fingerprint density at radius 2 is 1.31 bits per heavy atom. The number of sulfonamides is 2. The Morgan fingerprint density at radius 3 is 1.88 bits per heavy atom. The number of hydrogen-bond donors (Lipinski definition) is 0. The Bertz CT molecular complexity index is 1140. The Labute approximate surface area is 189 Å². The van der Waals surface area contributed by atoms with Gasteiger partial charge in [-0.15, -0.1) is 0 Å². The average molecular weight is 482 g/mol. The zero-order valence-corrected chi connectivity index (χ0v) is 19.7. The van der Waals surface area contributed by atoms with Gasteiger partial charge >= 0.3 is 0 Å². The standard InChI is InChI=1S/C22H28FN3O4S2/c1-18-4-2-3-13-26(18)32(29,30)22-11-9-21(10-12-22)31(27,28)25-16-14-24(15-17-25)20-7-5-19(23)6-8-20/h5-12,18H,2-4,13-17H2,1H3/t18-/m1/s1. The van der Waals surface area contributed by atoms with Gasteiger partial charge in [0.2, 0.25) is 20.0 Å². The van der Waals surface area contributed by atoms with Gasteiger partial charge in [-0.3, -0.25) is 0 Å². The van der Waals surface area contributed by atoms with E-state index >= 15 is 0 Å². The zero-order valence-electron chi connectivity index (χ0n) is 18.0. The van der Waals surface area contributed by atoms with Crippen LogP contribution in [0.25, 0.3) is 0 Å². The lowest BCUT2D eigenvalue weighted by Gasteiger charge is -2.35. The Hall–Kier alpha value is -2.01. The van der Waals surface area contributed by atoms with Crippen LogP contribution < -0.4 is 4.90 Å². The van der Waals surface area contributed by atoms with E-state index in [-0.39, 0.29) is 21.7 Å². The fraction of sp³-hybridized carbons (Fsp3) is 0.455. The molecule has 2 saturated heterocycles. The van der Waals surface area contributed by atoms with E-state index in [0.29, 0.717) is 32.7 Å². The molecule has 2 aromatic rings. The lowest BCUT2D eigenvalue weighted by molar-refractivity contribution is 0.268. The number of piperidine rings is 1. The predicted molar refractivity (Wildman–Crippen MR) is 121 cm³/mol. The molecular formula is C22H28FN3O4S2. The van der Waals surface area contributed by atoms with Crippen molar-refractivity contribution in [3.63, 3.8) is 0 Å². The van der Waals surface area contributed by atoms with Crippen molar-refractivity contribution in [3.8, 4) is 0 Å². The van der Waals surface area contributed by atoms with Crippen molar-refractivity contribution in [2.75, 3.05) is 37.6 Å². The van der Waals surface area contributed by atoms with Crippen molar-refractivity contribution < 1.29 is 21.2 Å². The summed E-state index contributed by atoms with van der Waals surface area (Å²) < 4.78 is 68.2. The van der Waals surface area contributed by atoms with Crippen LogP contribution in [0.2, 0.25) is 0 Å². The Kier molecular flexibility index (Phi) is 6.58. The second-order valence-electron chi connectivity index (χ2n) is 8.30. The summed E-state index contributed by atoms with van der Waals surface area (Å²) in [4.78, 5) is 2.21. The maximum absolute atomic E-state index is 13.1. The first kappa shape index (κ1) is 23.2.